The van der Waals surface area contributed by atoms with Crippen molar-refractivity contribution < 1.29 is 0 Å². The molecule has 1 aromatic carbocycles. The van der Waals surface area contributed by atoms with E-state index >= 15 is 0 Å². The van der Waals surface area contributed by atoms with Gasteiger partial charge in [0.05, 0.1) is 0 Å². The molecule has 0 atom stereocenters. The van der Waals surface area contributed by atoms with Crippen molar-refractivity contribution in [3.63, 3.8) is 0 Å². The highest BCUT2D eigenvalue weighted by Crippen LogP contribution is 2.22. The number of unbranched alkanes of at least 4 members (excludes halogenated alkanes) is 2. The van der Waals surface area contributed by atoms with Crippen molar-refractivity contribution in [1.82, 2.24) is 5.32 Å². The average Bonchev–Trinajstić information content (AvgIpc) is 2.28. The number of hydrogen-bond donors (Lipinski definition) is 1. The number of nitrogens with one attached hydrogen (secondary N) is 1. The molecule has 0 aromatic heterocycles. The van der Waals surface area contributed by atoms with Gasteiger partial charge in [-0.1, -0.05) is 51.5 Å². The Balaban J connectivity index is 2.36. The largest absolute Gasteiger partial charge is 0.320 e. The molecule has 0 radical (unpaired) electrons. The molecule has 0 heterocycles. The van der Waals surface area contributed by atoms with E-state index < -0.39 is 0 Å². The molecule has 0 amide bonds. The Labute approximate surface area is 107 Å². The summed E-state index contributed by atoms with van der Waals surface area (Å²) in [5.74, 6) is 0. The van der Waals surface area contributed by atoms with Crippen LogP contribution in [0.1, 0.15) is 51.2 Å². The molecule has 0 saturated carbocycles. The molecule has 1 heteroatoms. The van der Waals surface area contributed by atoms with Crippen LogP contribution >= 0.6 is 0 Å². The molecular weight excluding hydrogens is 206 g/mol. The first-order valence-electron chi connectivity index (χ1n) is 6.78. The van der Waals surface area contributed by atoms with E-state index in [-0.39, 0.29) is 5.41 Å². The molecule has 0 unspecified atom stereocenters. The highest BCUT2D eigenvalue weighted by Gasteiger charge is 2.12. The van der Waals surface area contributed by atoms with Crippen molar-refractivity contribution in [1.29, 1.82) is 0 Å². The Morgan fingerprint density at radius 3 is 2.12 bits per heavy atom. The minimum atomic E-state index is 0.269. The Morgan fingerprint density at radius 2 is 1.59 bits per heavy atom. The lowest BCUT2D eigenvalue weighted by Gasteiger charge is -2.19. The van der Waals surface area contributed by atoms with Gasteiger partial charge in [0.15, 0.2) is 0 Å². The molecule has 0 aliphatic heterocycles. The lowest BCUT2D eigenvalue weighted by molar-refractivity contribution is 0.589. The van der Waals surface area contributed by atoms with Gasteiger partial charge in [0.25, 0.3) is 0 Å². The molecule has 0 saturated heterocycles. The summed E-state index contributed by atoms with van der Waals surface area (Å²) in [7, 11) is 2.02. The normalized spacial score (nSPS) is 11.8. The van der Waals surface area contributed by atoms with Gasteiger partial charge in [-0.3, -0.25) is 0 Å². The van der Waals surface area contributed by atoms with Gasteiger partial charge < -0.3 is 5.32 Å². The van der Waals surface area contributed by atoms with Crippen LogP contribution in [0, 0.1) is 0 Å². The molecule has 1 N–H and O–H groups in total. The lowest BCUT2D eigenvalue weighted by Crippen LogP contribution is -2.10. The van der Waals surface area contributed by atoms with E-state index in [0.717, 1.165) is 6.54 Å². The summed E-state index contributed by atoms with van der Waals surface area (Å²) < 4.78 is 0. The number of benzene rings is 1. The van der Waals surface area contributed by atoms with Crippen LogP contribution in [0.4, 0.5) is 0 Å². The van der Waals surface area contributed by atoms with Crippen LogP contribution < -0.4 is 5.32 Å². The second kappa shape index (κ2) is 6.80. The van der Waals surface area contributed by atoms with E-state index in [1.807, 2.05) is 7.05 Å². The zero-order chi connectivity index (χ0) is 12.7. The number of rotatable bonds is 6. The molecule has 0 fully saturated rings. The third-order valence-electron chi connectivity index (χ3n) is 3.21. The molecule has 1 aromatic rings. The maximum atomic E-state index is 3.19. The lowest BCUT2D eigenvalue weighted by atomic mass is 9.86. The predicted molar refractivity (Wildman–Crippen MR) is 76.6 cm³/mol. The van der Waals surface area contributed by atoms with Crippen molar-refractivity contribution in [2.45, 2.75) is 51.9 Å². The minimum absolute atomic E-state index is 0.269. The third kappa shape index (κ3) is 5.36. The van der Waals surface area contributed by atoms with E-state index in [4.69, 9.17) is 0 Å². The van der Waals surface area contributed by atoms with Gasteiger partial charge in [0.1, 0.15) is 0 Å². The van der Waals surface area contributed by atoms with Crippen LogP contribution in [0.3, 0.4) is 0 Å². The predicted octanol–water partition coefficient (Wildman–Crippen LogP) is 3.92. The van der Waals surface area contributed by atoms with Gasteiger partial charge in [0.2, 0.25) is 0 Å². The van der Waals surface area contributed by atoms with Crippen LogP contribution in [0.5, 0.6) is 0 Å². The van der Waals surface area contributed by atoms with Gasteiger partial charge in [-0.25, -0.2) is 0 Å². The molecule has 0 aliphatic rings. The summed E-state index contributed by atoms with van der Waals surface area (Å²) in [5.41, 5.74) is 3.17. The first-order chi connectivity index (χ1) is 8.04. The first-order valence-corrected chi connectivity index (χ1v) is 6.78. The zero-order valence-corrected chi connectivity index (χ0v) is 11.8. The van der Waals surface area contributed by atoms with Crippen molar-refractivity contribution in [3.05, 3.63) is 35.4 Å². The van der Waals surface area contributed by atoms with Crippen molar-refractivity contribution in [3.8, 4) is 0 Å². The molecule has 96 valence electrons. The van der Waals surface area contributed by atoms with Gasteiger partial charge in [-0.2, -0.15) is 0 Å². The minimum Gasteiger partial charge on any atom is -0.320 e. The topological polar surface area (TPSA) is 12.0 Å². The molecule has 1 nitrogen and oxygen atoms in total. The maximum absolute atomic E-state index is 3.19. The highest BCUT2D eigenvalue weighted by atomic mass is 14.8. The summed E-state index contributed by atoms with van der Waals surface area (Å²) >= 11 is 0. The average molecular weight is 233 g/mol. The van der Waals surface area contributed by atoms with E-state index in [1.165, 1.54) is 36.8 Å². The molecule has 0 bridgehead atoms. The Bertz CT molecular complexity index is 305. The fraction of sp³-hybridized carbons (Fsp3) is 0.625. The van der Waals surface area contributed by atoms with Gasteiger partial charge >= 0.3 is 0 Å². The van der Waals surface area contributed by atoms with Crippen molar-refractivity contribution >= 4 is 0 Å². The van der Waals surface area contributed by atoms with Crippen LogP contribution in [0.15, 0.2) is 24.3 Å². The summed E-state index contributed by atoms with van der Waals surface area (Å²) in [6.07, 6.45) is 5.13. The standard InChI is InChI=1S/C16H27N/c1-16(2,3)15-11-9-14(10-12-15)8-6-5-7-13-17-4/h9-12,17H,5-8,13H2,1-4H3. The van der Waals surface area contributed by atoms with E-state index in [2.05, 4.69) is 50.4 Å². The molecule has 17 heavy (non-hydrogen) atoms. The van der Waals surface area contributed by atoms with Crippen LogP contribution in [-0.4, -0.2) is 13.6 Å². The zero-order valence-electron chi connectivity index (χ0n) is 11.8. The fourth-order valence-corrected chi connectivity index (χ4v) is 1.98. The molecule has 0 aliphatic carbocycles. The number of aryl methyl sites for hydroxylation is 1. The number of hydrogen-bond acceptors (Lipinski definition) is 1. The van der Waals surface area contributed by atoms with E-state index in [9.17, 15) is 0 Å². The maximum Gasteiger partial charge on any atom is -0.00519 e. The second-order valence-corrected chi connectivity index (χ2v) is 5.86. The molecule has 0 spiro atoms. The van der Waals surface area contributed by atoms with E-state index in [0.29, 0.717) is 0 Å². The summed E-state index contributed by atoms with van der Waals surface area (Å²) in [4.78, 5) is 0. The van der Waals surface area contributed by atoms with Crippen LogP contribution in [0.2, 0.25) is 0 Å². The van der Waals surface area contributed by atoms with Crippen molar-refractivity contribution in [2.75, 3.05) is 13.6 Å². The monoisotopic (exact) mass is 233 g/mol. The third-order valence-corrected chi connectivity index (χ3v) is 3.21. The Hall–Kier alpha value is -0.820. The fourth-order valence-electron chi connectivity index (χ4n) is 1.98. The van der Waals surface area contributed by atoms with E-state index in [1.54, 1.807) is 0 Å². The second-order valence-electron chi connectivity index (χ2n) is 5.86. The quantitative estimate of drug-likeness (QED) is 0.734. The highest BCUT2D eigenvalue weighted by molar-refractivity contribution is 5.27. The molecular formula is C16H27N. The van der Waals surface area contributed by atoms with Crippen LogP contribution in [-0.2, 0) is 11.8 Å². The smallest absolute Gasteiger partial charge is 0.00519 e. The van der Waals surface area contributed by atoms with Crippen LogP contribution in [0.25, 0.3) is 0 Å². The first kappa shape index (κ1) is 14.2. The van der Waals surface area contributed by atoms with Gasteiger partial charge in [0, 0.05) is 0 Å². The SMILES string of the molecule is CNCCCCCc1ccc(C(C)(C)C)cc1. The van der Waals surface area contributed by atoms with Gasteiger partial charge in [-0.15, -0.1) is 0 Å². The molecule has 1 rings (SSSR count). The van der Waals surface area contributed by atoms with Crippen molar-refractivity contribution in [2.24, 2.45) is 0 Å². The summed E-state index contributed by atoms with van der Waals surface area (Å²) in [6, 6.07) is 9.14. The van der Waals surface area contributed by atoms with Gasteiger partial charge in [-0.05, 0) is 49.4 Å². The Kier molecular flexibility index (Phi) is 5.70. The summed E-state index contributed by atoms with van der Waals surface area (Å²) in [6.45, 7) is 7.93. The Morgan fingerprint density at radius 1 is 0.941 bits per heavy atom. The summed E-state index contributed by atoms with van der Waals surface area (Å²) in [5, 5.41) is 3.19.